The number of rotatable bonds is 12. The van der Waals surface area contributed by atoms with Crippen molar-refractivity contribution >= 4 is 28.2 Å². The summed E-state index contributed by atoms with van der Waals surface area (Å²) in [5.41, 5.74) is 0.896. The Morgan fingerprint density at radius 2 is 1.62 bits per heavy atom. The van der Waals surface area contributed by atoms with Crippen molar-refractivity contribution in [3.63, 3.8) is 0 Å². The average molecular weight is 381 g/mol. The number of amides is 1. The maximum absolute atomic E-state index is 12.3. The Morgan fingerprint density at radius 3 is 2.23 bits per heavy atom. The van der Waals surface area contributed by atoms with Crippen LogP contribution in [0.4, 0.5) is 0 Å². The molecule has 26 heavy (non-hydrogen) atoms. The minimum atomic E-state index is -0.703. The van der Waals surface area contributed by atoms with Crippen LogP contribution in [-0.2, 0) is 4.79 Å². The number of thiazole rings is 1. The molecule has 0 fully saturated rings. The van der Waals surface area contributed by atoms with Gasteiger partial charge in [-0.05, 0) is 26.7 Å². The number of nitrogens with one attached hydrogen (secondary N) is 1. The lowest BCUT2D eigenvalue weighted by molar-refractivity contribution is -0.137. The quantitative estimate of drug-likeness (QED) is 0.547. The molecular formula is C18H28N4O3S. The number of hydrogen-bond acceptors (Lipinski definition) is 5. The Kier molecular flexibility index (Phi) is 8.03. The molecule has 0 aliphatic rings. The van der Waals surface area contributed by atoms with E-state index in [1.54, 1.807) is 0 Å². The van der Waals surface area contributed by atoms with Crippen molar-refractivity contribution in [2.24, 2.45) is 0 Å². The first-order valence-corrected chi connectivity index (χ1v) is 10.1. The Balaban J connectivity index is 1.55. The van der Waals surface area contributed by atoms with Crippen molar-refractivity contribution in [1.29, 1.82) is 0 Å². The fourth-order valence-electron chi connectivity index (χ4n) is 3.02. The summed E-state index contributed by atoms with van der Waals surface area (Å²) in [5.74, 6) is 0.0669. The number of aromatic nitrogens is 3. The molecular weight excluding hydrogens is 352 g/mol. The maximum atomic E-state index is 12.3. The Labute approximate surface area is 157 Å². The van der Waals surface area contributed by atoms with E-state index in [9.17, 15) is 9.59 Å². The SMILES string of the molecule is Cc1nnc2sc(C(=O)NCCCCCCCCCCC(=O)O)c(C)n12. The van der Waals surface area contributed by atoms with Gasteiger partial charge in [0.15, 0.2) is 0 Å². The monoisotopic (exact) mass is 380 g/mol. The standard InChI is InChI=1S/C18H28N4O3S/c1-13-16(26-18-21-20-14(2)22(13)18)17(25)19-12-10-8-6-4-3-5-7-9-11-15(23)24/h3-12H2,1-2H3,(H,19,25)(H,23,24). The molecule has 0 bridgehead atoms. The number of carboxylic acids is 1. The molecule has 0 saturated carbocycles. The molecule has 2 rings (SSSR count). The van der Waals surface area contributed by atoms with Crippen LogP contribution in [-0.4, -0.2) is 38.1 Å². The van der Waals surface area contributed by atoms with Gasteiger partial charge in [-0.3, -0.25) is 14.0 Å². The second kappa shape index (κ2) is 10.3. The highest BCUT2D eigenvalue weighted by Crippen LogP contribution is 2.22. The van der Waals surface area contributed by atoms with E-state index in [0.717, 1.165) is 61.4 Å². The highest BCUT2D eigenvalue weighted by molar-refractivity contribution is 7.19. The van der Waals surface area contributed by atoms with Gasteiger partial charge in [0.25, 0.3) is 5.91 Å². The van der Waals surface area contributed by atoms with Crippen LogP contribution in [0.5, 0.6) is 0 Å². The van der Waals surface area contributed by atoms with Crippen molar-refractivity contribution in [3.05, 3.63) is 16.4 Å². The number of carbonyl (C=O) groups is 2. The van der Waals surface area contributed by atoms with Crippen LogP contribution in [0.25, 0.3) is 4.96 Å². The molecule has 2 heterocycles. The zero-order chi connectivity index (χ0) is 18.9. The minimum Gasteiger partial charge on any atom is -0.481 e. The Morgan fingerprint density at radius 1 is 1.00 bits per heavy atom. The minimum absolute atomic E-state index is 0.0316. The van der Waals surface area contributed by atoms with E-state index in [1.807, 2.05) is 18.2 Å². The first-order chi connectivity index (χ1) is 12.5. The van der Waals surface area contributed by atoms with Gasteiger partial charge in [0.05, 0.1) is 0 Å². The molecule has 144 valence electrons. The Hall–Kier alpha value is -1.96. The molecule has 0 atom stereocenters. The highest BCUT2D eigenvalue weighted by atomic mass is 32.1. The van der Waals surface area contributed by atoms with E-state index < -0.39 is 5.97 Å². The van der Waals surface area contributed by atoms with Gasteiger partial charge in [-0.15, -0.1) is 10.2 Å². The first kappa shape index (κ1) is 20.4. The predicted octanol–water partition coefficient (Wildman–Crippen LogP) is 3.73. The molecule has 0 radical (unpaired) electrons. The normalized spacial score (nSPS) is 11.2. The lowest BCUT2D eigenvalue weighted by Gasteiger charge is -2.05. The van der Waals surface area contributed by atoms with Crippen molar-refractivity contribution < 1.29 is 14.7 Å². The molecule has 0 aromatic carbocycles. The fraction of sp³-hybridized carbons (Fsp3) is 0.667. The molecule has 7 nitrogen and oxygen atoms in total. The number of unbranched alkanes of at least 4 members (excludes halogenated alkanes) is 7. The van der Waals surface area contributed by atoms with Crippen molar-refractivity contribution in [3.8, 4) is 0 Å². The van der Waals surface area contributed by atoms with E-state index >= 15 is 0 Å². The topological polar surface area (TPSA) is 96.6 Å². The zero-order valence-corrected chi connectivity index (χ0v) is 16.4. The summed E-state index contributed by atoms with van der Waals surface area (Å²) in [6.45, 7) is 4.49. The van der Waals surface area contributed by atoms with E-state index in [4.69, 9.17) is 5.11 Å². The van der Waals surface area contributed by atoms with Crippen molar-refractivity contribution in [2.75, 3.05) is 6.54 Å². The summed E-state index contributed by atoms with van der Waals surface area (Å²) in [6, 6.07) is 0. The largest absolute Gasteiger partial charge is 0.481 e. The summed E-state index contributed by atoms with van der Waals surface area (Å²) in [7, 11) is 0. The van der Waals surface area contributed by atoms with Crippen molar-refractivity contribution in [2.45, 2.75) is 71.6 Å². The maximum Gasteiger partial charge on any atom is 0.303 e. The molecule has 0 spiro atoms. The lowest BCUT2D eigenvalue weighted by Crippen LogP contribution is -2.24. The van der Waals surface area contributed by atoms with E-state index in [2.05, 4.69) is 15.5 Å². The third-order valence-corrected chi connectivity index (χ3v) is 5.59. The van der Waals surface area contributed by atoms with Gasteiger partial charge in [-0.25, -0.2) is 0 Å². The number of aryl methyl sites for hydroxylation is 2. The number of hydrogen-bond donors (Lipinski definition) is 2. The zero-order valence-electron chi connectivity index (χ0n) is 15.6. The molecule has 1 amide bonds. The second-order valence-electron chi connectivity index (χ2n) is 6.61. The molecule has 0 aliphatic heterocycles. The summed E-state index contributed by atoms with van der Waals surface area (Å²) in [4.78, 5) is 24.2. The highest BCUT2D eigenvalue weighted by Gasteiger charge is 2.17. The number of carbonyl (C=O) groups excluding carboxylic acids is 1. The molecule has 2 aromatic heterocycles. The van der Waals surface area contributed by atoms with Gasteiger partial charge in [0, 0.05) is 18.7 Å². The first-order valence-electron chi connectivity index (χ1n) is 9.32. The van der Waals surface area contributed by atoms with Crippen LogP contribution < -0.4 is 5.32 Å². The van der Waals surface area contributed by atoms with Crippen molar-refractivity contribution in [1.82, 2.24) is 19.9 Å². The lowest BCUT2D eigenvalue weighted by atomic mass is 10.1. The second-order valence-corrected chi connectivity index (χ2v) is 7.59. The molecule has 2 N–H and O–H groups in total. The number of nitrogens with zero attached hydrogens (tertiary/aromatic N) is 3. The van der Waals surface area contributed by atoms with E-state index in [1.165, 1.54) is 17.8 Å². The van der Waals surface area contributed by atoms with Crippen LogP contribution in [0, 0.1) is 13.8 Å². The molecule has 8 heteroatoms. The van der Waals surface area contributed by atoms with Crippen LogP contribution >= 0.6 is 11.3 Å². The molecule has 2 aromatic rings. The molecule has 0 saturated heterocycles. The van der Waals surface area contributed by atoms with Crippen LogP contribution in [0.3, 0.4) is 0 Å². The van der Waals surface area contributed by atoms with Gasteiger partial charge in [0.2, 0.25) is 4.96 Å². The smallest absolute Gasteiger partial charge is 0.303 e. The summed E-state index contributed by atoms with van der Waals surface area (Å²) in [5, 5.41) is 19.6. The number of fused-ring (bicyclic) bond motifs is 1. The molecule has 0 unspecified atom stereocenters. The third kappa shape index (κ3) is 5.79. The fourth-order valence-corrected chi connectivity index (χ4v) is 4.05. The number of aliphatic carboxylic acids is 1. The third-order valence-electron chi connectivity index (χ3n) is 4.46. The predicted molar refractivity (Wildman–Crippen MR) is 102 cm³/mol. The van der Waals surface area contributed by atoms with Gasteiger partial charge >= 0.3 is 5.97 Å². The van der Waals surface area contributed by atoms with Crippen LogP contribution in [0.1, 0.15) is 79.0 Å². The molecule has 0 aliphatic carbocycles. The van der Waals surface area contributed by atoms with Crippen LogP contribution in [0.2, 0.25) is 0 Å². The average Bonchev–Trinajstić information content (AvgIpc) is 3.12. The summed E-state index contributed by atoms with van der Waals surface area (Å²) >= 11 is 1.38. The van der Waals surface area contributed by atoms with E-state index in [0.29, 0.717) is 11.4 Å². The number of carboxylic acid groups (broad SMARTS) is 1. The van der Waals surface area contributed by atoms with Gasteiger partial charge in [0.1, 0.15) is 10.7 Å². The summed E-state index contributed by atoms with van der Waals surface area (Å²) in [6.07, 6.45) is 8.75. The van der Waals surface area contributed by atoms with Gasteiger partial charge in [-0.1, -0.05) is 49.9 Å². The van der Waals surface area contributed by atoms with Gasteiger partial charge < -0.3 is 10.4 Å². The van der Waals surface area contributed by atoms with E-state index in [-0.39, 0.29) is 12.3 Å². The van der Waals surface area contributed by atoms with Gasteiger partial charge in [-0.2, -0.15) is 0 Å². The van der Waals surface area contributed by atoms with Crippen LogP contribution in [0.15, 0.2) is 0 Å². The Bertz CT molecular complexity index is 738. The summed E-state index contributed by atoms with van der Waals surface area (Å²) < 4.78 is 1.91.